The first-order valence-corrected chi connectivity index (χ1v) is 12.1. The number of para-hydroxylation sites is 3. The highest BCUT2D eigenvalue weighted by molar-refractivity contribution is 5.96. The summed E-state index contributed by atoms with van der Waals surface area (Å²) in [6.07, 6.45) is 6.73. The minimum atomic E-state index is 0.935. The van der Waals surface area contributed by atoms with Crippen LogP contribution in [0, 0.1) is 0 Å². The summed E-state index contributed by atoms with van der Waals surface area (Å²) in [5, 5.41) is 1.30. The third-order valence-electron chi connectivity index (χ3n) is 7.31. The van der Waals surface area contributed by atoms with Crippen molar-refractivity contribution in [1.82, 2.24) is 18.9 Å². The number of nitrogens with zero attached hydrogens (tertiary/aromatic N) is 3. The Morgan fingerprint density at radius 1 is 0.743 bits per heavy atom. The molecule has 4 aromatic carbocycles. The van der Waals surface area contributed by atoms with E-state index in [1.54, 1.807) is 0 Å². The maximum Gasteiger partial charge on any atom is 0.220 e. The standard InChI is InChI=1S/C31H22N4/c1-2-8-22(9-3-1)34-29-12-6-7-13-30(29)35-28-17-15-21(19-27(28)33-31(34)35)20-14-16-26-24(18-20)23-10-4-5-11-25(23)32-26/h1-4,6-10,12-19,32H,5,11H2. The van der Waals surface area contributed by atoms with Crippen LogP contribution in [0.15, 0.2) is 97.1 Å². The Labute approximate surface area is 201 Å². The normalized spacial score (nSPS) is 13.4. The predicted octanol–water partition coefficient (Wildman–Crippen LogP) is 7.54. The number of nitrogens with one attached hydrogen (secondary N) is 1. The van der Waals surface area contributed by atoms with Gasteiger partial charge in [-0.05, 0) is 72.5 Å². The molecule has 1 aliphatic carbocycles. The summed E-state index contributed by atoms with van der Waals surface area (Å²) in [5.41, 5.74) is 11.9. The van der Waals surface area contributed by atoms with E-state index in [9.17, 15) is 0 Å². The number of aromatic nitrogens is 4. The van der Waals surface area contributed by atoms with E-state index in [4.69, 9.17) is 4.98 Å². The monoisotopic (exact) mass is 450 g/mol. The molecule has 3 heterocycles. The summed E-state index contributed by atoms with van der Waals surface area (Å²) in [6, 6.07) is 32.4. The summed E-state index contributed by atoms with van der Waals surface area (Å²) in [7, 11) is 0. The van der Waals surface area contributed by atoms with Crippen molar-refractivity contribution in [1.29, 1.82) is 0 Å². The average molecular weight is 451 g/mol. The number of fused-ring (bicyclic) bond motifs is 8. The number of imidazole rings is 2. The lowest BCUT2D eigenvalue weighted by molar-refractivity contribution is 0.951. The summed E-state index contributed by atoms with van der Waals surface area (Å²) >= 11 is 0. The van der Waals surface area contributed by atoms with Crippen molar-refractivity contribution in [2.45, 2.75) is 12.8 Å². The largest absolute Gasteiger partial charge is 0.358 e. The third kappa shape index (κ3) is 2.65. The summed E-state index contributed by atoms with van der Waals surface area (Å²) < 4.78 is 4.53. The van der Waals surface area contributed by atoms with Gasteiger partial charge in [-0.3, -0.25) is 8.97 Å². The molecule has 0 bridgehead atoms. The molecule has 0 amide bonds. The molecular formula is C31H22N4. The second kappa shape index (κ2) is 6.97. The first kappa shape index (κ1) is 18.8. The Balaban J connectivity index is 1.36. The van der Waals surface area contributed by atoms with Crippen LogP contribution in [0.1, 0.15) is 17.7 Å². The SMILES string of the molecule is C1=Cc2c([nH]c3ccc(-c4ccc5c(c4)nc4n(-c6ccccc6)c6ccccc6n54)cc23)CC1. The topological polar surface area (TPSA) is 38.0 Å². The molecule has 35 heavy (non-hydrogen) atoms. The van der Waals surface area contributed by atoms with E-state index in [1.165, 1.54) is 33.3 Å². The van der Waals surface area contributed by atoms with Crippen LogP contribution < -0.4 is 0 Å². The molecule has 8 rings (SSSR count). The molecule has 1 N–H and O–H groups in total. The van der Waals surface area contributed by atoms with Crippen molar-refractivity contribution in [3.8, 4) is 16.8 Å². The van der Waals surface area contributed by atoms with Crippen LogP contribution >= 0.6 is 0 Å². The third-order valence-corrected chi connectivity index (χ3v) is 7.31. The van der Waals surface area contributed by atoms with Crippen LogP contribution in [0.2, 0.25) is 0 Å². The number of allylic oxidation sites excluding steroid dienone is 1. The van der Waals surface area contributed by atoms with Crippen molar-refractivity contribution in [2.75, 3.05) is 0 Å². The first-order valence-electron chi connectivity index (χ1n) is 12.1. The molecule has 0 saturated carbocycles. The number of hydrogen-bond acceptors (Lipinski definition) is 1. The van der Waals surface area contributed by atoms with Gasteiger partial charge in [0, 0.05) is 27.8 Å². The second-order valence-electron chi connectivity index (χ2n) is 9.33. The van der Waals surface area contributed by atoms with Gasteiger partial charge in [0.25, 0.3) is 0 Å². The maximum absolute atomic E-state index is 5.15. The van der Waals surface area contributed by atoms with Gasteiger partial charge in [-0.1, -0.05) is 54.6 Å². The molecule has 0 aliphatic heterocycles. The molecule has 0 unspecified atom stereocenters. The predicted molar refractivity (Wildman–Crippen MR) is 144 cm³/mol. The fraction of sp³-hybridized carbons (Fsp3) is 0.0645. The minimum absolute atomic E-state index is 0.935. The van der Waals surface area contributed by atoms with Crippen LogP contribution in [-0.2, 0) is 6.42 Å². The molecule has 0 saturated heterocycles. The molecular weight excluding hydrogens is 428 g/mol. The van der Waals surface area contributed by atoms with Crippen molar-refractivity contribution in [3.05, 3.63) is 108 Å². The van der Waals surface area contributed by atoms with Crippen molar-refractivity contribution >= 4 is 44.8 Å². The Morgan fingerprint density at radius 3 is 2.46 bits per heavy atom. The lowest BCUT2D eigenvalue weighted by atomic mass is 9.99. The average Bonchev–Trinajstić information content (AvgIpc) is 3.56. The molecule has 4 heteroatoms. The van der Waals surface area contributed by atoms with Gasteiger partial charge < -0.3 is 4.98 Å². The number of benzene rings is 4. The molecule has 1 aliphatic rings. The van der Waals surface area contributed by atoms with Gasteiger partial charge in [-0.15, -0.1) is 0 Å². The Kier molecular flexibility index (Phi) is 3.74. The molecule has 7 aromatic rings. The minimum Gasteiger partial charge on any atom is -0.358 e. The number of hydrogen-bond donors (Lipinski definition) is 1. The van der Waals surface area contributed by atoms with E-state index in [1.807, 2.05) is 0 Å². The van der Waals surface area contributed by atoms with Crippen molar-refractivity contribution in [3.63, 3.8) is 0 Å². The fourth-order valence-corrected chi connectivity index (χ4v) is 5.68. The van der Waals surface area contributed by atoms with E-state index in [0.717, 1.165) is 46.4 Å². The van der Waals surface area contributed by atoms with Gasteiger partial charge in [0.1, 0.15) is 0 Å². The Hall–Kier alpha value is -4.57. The molecule has 4 nitrogen and oxygen atoms in total. The highest BCUT2D eigenvalue weighted by Gasteiger charge is 2.18. The van der Waals surface area contributed by atoms with E-state index in [-0.39, 0.29) is 0 Å². The van der Waals surface area contributed by atoms with Gasteiger partial charge in [-0.2, -0.15) is 0 Å². The zero-order valence-corrected chi connectivity index (χ0v) is 19.1. The smallest absolute Gasteiger partial charge is 0.220 e. The summed E-state index contributed by atoms with van der Waals surface area (Å²) in [4.78, 5) is 8.75. The number of aromatic amines is 1. The molecule has 0 atom stereocenters. The van der Waals surface area contributed by atoms with Crippen LogP contribution in [-0.4, -0.2) is 18.9 Å². The van der Waals surface area contributed by atoms with Gasteiger partial charge in [0.2, 0.25) is 5.78 Å². The van der Waals surface area contributed by atoms with Gasteiger partial charge >= 0.3 is 0 Å². The number of aryl methyl sites for hydroxylation is 1. The molecule has 0 radical (unpaired) electrons. The first-order chi connectivity index (χ1) is 17.3. The molecule has 166 valence electrons. The van der Waals surface area contributed by atoms with Crippen LogP contribution in [0.4, 0.5) is 0 Å². The molecule has 0 fully saturated rings. The number of rotatable bonds is 2. The fourth-order valence-electron chi connectivity index (χ4n) is 5.68. The maximum atomic E-state index is 5.15. The highest BCUT2D eigenvalue weighted by Crippen LogP contribution is 2.34. The van der Waals surface area contributed by atoms with Crippen LogP contribution in [0.5, 0.6) is 0 Å². The van der Waals surface area contributed by atoms with E-state index in [2.05, 4.69) is 117 Å². The second-order valence-corrected chi connectivity index (χ2v) is 9.33. The summed E-state index contributed by atoms with van der Waals surface area (Å²) in [5.74, 6) is 0.935. The lowest BCUT2D eigenvalue weighted by Gasteiger charge is -2.05. The Bertz CT molecular complexity index is 1950. The highest BCUT2D eigenvalue weighted by atomic mass is 15.2. The molecule has 0 spiro atoms. The van der Waals surface area contributed by atoms with Crippen molar-refractivity contribution in [2.24, 2.45) is 0 Å². The summed E-state index contributed by atoms with van der Waals surface area (Å²) in [6.45, 7) is 0. The zero-order valence-electron chi connectivity index (χ0n) is 19.1. The Morgan fingerprint density at radius 2 is 1.54 bits per heavy atom. The lowest BCUT2D eigenvalue weighted by Crippen LogP contribution is -1.94. The quantitative estimate of drug-likeness (QED) is 0.290. The zero-order chi connectivity index (χ0) is 22.9. The van der Waals surface area contributed by atoms with Crippen LogP contribution in [0.25, 0.3) is 61.6 Å². The van der Waals surface area contributed by atoms with Gasteiger partial charge in [0.15, 0.2) is 0 Å². The van der Waals surface area contributed by atoms with Gasteiger partial charge in [0.05, 0.1) is 22.1 Å². The van der Waals surface area contributed by atoms with Gasteiger partial charge in [-0.25, -0.2) is 4.98 Å². The molecule has 3 aromatic heterocycles. The van der Waals surface area contributed by atoms with E-state index >= 15 is 0 Å². The van der Waals surface area contributed by atoms with Crippen LogP contribution in [0.3, 0.4) is 0 Å². The van der Waals surface area contributed by atoms with Crippen molar-refractivity contribution < 1.29 is 0 Å². The van der Waals surface area contributed by atoms with E-state index < -0.39 is 0 Å². The van der Waals surface area contributed by atoms with E-state index in [0.29, 0.717) is 0 Å². The number of H-pyrrole nitrogens is 1.